The first kappa shape index (κ1) is 15.7. The van der Waals surface area contributed by atoms with Gasteiger partial charge in [0.1, 0.15) is 5.75 Å². The maximum atomic E-state index is 12.7. The second-order valence-corrected chi connectivity index (χ2v) is 4.61. The molecule has 0 unspecified atom stereocenters. The first-order chi connectivity index (χ1) is 10.6. The van der Waals surface area contributed by atoms with Gasteiger partial charge < -0.3 is 19.1 Å². The number of ether oxygens (including phenoxy) is 3. The van der Waals surface area contributed by atoms with Gasteiger partial charge in [-0.15, -0.1) is 0 Å². The minimum Gasteiger partial charge on any atom is -0.496 e. The van der Waals surface area contributed by atoms with Gasteiger partial charge in [0.05, 0.1) is 26.9 Å². The highest BCUT2D eigenvalue weighted by molar-refractivity contribution is 6.08. The fourth-order valence-electron chi connectivity index (χ4n) is 2.15. The zero-order valence-electron chi connectivity index (χ0n) is 13.1. The van der Waals surface area contributed by atoms with Crippen molar-refractivity contribution in [3.05, 3.63) is 48.0 Å². The number of rotatable bonds is 5. The second-order valence-electron chi connectivity index (χ2n) is 4.61. The van der Waals surface area contributed by atoms with E-state index in [1.807, 2.05) is 30.3 Å². The van der Waals surface area contributed by atoms with Gasteiger partial charge in [-0.25, -0.2) is 0 Å². The zero-order valence-corrected chi connectivity index (χ0v) is 13.1. The third kappa shape index (κ3) is 2.98. The van der Waals surface area contributed by atoms with E-state index < -0.39 is 0 Å². The zero-order chi connectivity index (χ0) is 16.1. The van der Waals surface area contributed by atoms with Crippen LogP contribution in [0.1, 0.15) is 10.4 Å². The highest BCUT2D eigenvalue weighted by Gasteiger charge is 2.21. The van der Waals surface area contributed by atoms with Gasteiger partial charge in [0, 0.05) is 24.9 Å². The molecule has 0 radical (unpaired) electrons. The van der Waals surface area contributed by atoms with Crippen molar-refractivity contribution in [2.75, 3.05) is 33.3 Å². The monoisotopic (exact) mass is 301 g/mol. The van der Waals surface area contributed by atoms with E-state index in [2.05, 4.69) is 0 Å². The minimum atomic E-state index is -0.191. The third-order valence-corrected chi connectivity index (χ3v) is 3.38. The predicted octanol–water partition coefficient (Wildman–Crippen LogP) is 2.99. The summed E-state index contributed by atoms with van der Waals surface area (Å²) in [4.78, 5) is 14.3. The normalized spacial score (nSPS) is 10.0. The Morgan fingerprint density at radius 2 is 1.41 bits per heavy atom. The number of hydrogen-bond donors (Lipinski definition) is 0. The summed E-state index contributed by atoms with van der Waals surface area (Å²) in [5.41, 5.74) is 1.20. The van der Waals surface area contributed by atoms with E-state index in [0.717, 1.165) is 5.69 Å². The van der Waals surface area contributed by atoms with Crippen LogP contribution in [0.25, 0.3) is 0 Å². The predicted molar refractivity (Wildman–Crippen MR) is 85.3 cm³/mol. The van der Waals surface area contributed by atoms with E-state index in [1.165, 1.54) is 21.3 Å². The minimum absolute atomic E-state index is 0.191. The number of para-hydroxylation sites is 1. The van der Waals surface area contributed by atoms with Gasteiger partial charge in [-0.3, -0.25) is 4.79 Å². The lowest BCUT2D eigenvalue weighted by Crippen LogP contribution is -2.26. The Labute approximate surface area is 130 Å². The van der Waals surface area contributed by atoms with Crippen LogP contribution in [0.2, 0.25) is 0 Å². The van der Waals surface area contributed by atoms with E-state index in [4.69, 9.17) is 14.2 Å². The van der Waals surface area contributed by atoms with Crippen LogP contribution >= 0.6 is 0 Å². The summed E-state index contributed by atoms with van der Waals surface area (Å²) in [5.74, 6) is 1.24. The topological polar surface area (TPSA) is 48.0 Å². The fourth-order valence-corrected chi connectivity index (χ4v) is 2.15. The molecule has 0 aromatic heterocycles. The number of carbonyl (C=O) groups excluding carboxylic acids is 1. The highest BCUT2D eigenvalue weighted by atomic mass is 16.5. The molecule has 5 nitrogen and oxygen atoms in total. The van der Waals surface area contributed by atoms with Crippen LogP contribution in [-0.2, 0) is 0 Å². The molecule has 0 bridgehead atoms. The van der Waals surface area contributed by atoms with Crippen molar-refractivity contribution in [3.8, 4) is 17.2 Å². The molecule has 0 aliphatic carbocycles. The Balaban J connectivity index is 2.44. The molecular formula is C17H19NO4. The number of anilines is 1. The molecule has 0 saturated heterocycles. The van der Waals surface area contributed by atoms with Crippen molar-refractivity contribution < 1.29 is 19.0 Å². The summed E-state index contributed by atoms with van der Waals surface area (Å²) < 4.78 is 15.8. The Morgan fingerprint density at radius 3 is 1.95 bits per heavy atom. The lowest BCUT2D eigenvalue weighted by molar-refractivity contribution is 0.0989. The number of carbonyl (C=O) groups is 1. The molecule has 116 valence electrons. The largest absolute Gasteiger partial charge is 0.496 e. The molecule has 22 heavy (non-hydrogen) atoms. The molecule has 0 N–H and O–H groups in total. The first-order valence-corrected chi connectivity index (χ1v) is 6.75. The molecule has 5 heteroatoms. The van der Waals surface area contributed by atoms with Crippen LogP contribution in [0.5, 0.6) is 17.2 Å². The van der Waals surface area contributed by atoms with Crippen molar-refractivity contribution >= 4 is 11.6 Å². The number of hydrogen-bond acceptors (Lipinski definition) is 4. The molecule has 0 atom stereocenters. The summed E-state index contributed by atoms with van der Waals surface area (Å²) in [5, 5.41) is 0. The highest BCUT2D eigenvalue weighted by Crippen LogP contribution is 2.35. The molecule has 0 aliphatic rings. The summed E-state index contributed by atoms with van der Waals surface area (Å²) in [6, 6.07) is 12.7. The van der Waals surface area contributed by atoms with Crippen LogP contribution in [0.4, 0.5) is 5.69 Å². The standard InChI is InChI=1S/C17H19NO4/c1-18(12-8-6-5-7-9-12)17(19)13-10-15(21-3)16(22-4)11-14(13)20-2/h5-11H,1-4H3. The maximum Gasteiger partial charge on any atom is 0.261 e. The van der Waals surface area contributed by atoms with E-state index in [1.54, 1.807) is 24.1 Å². The van der Waals surface area contributed by atoms with Crippen molar-refractivity contribution in [1.29, 1.82) is 0 Å². The van der Waals surface area contributed by atoms with Gasteiger partial charge in [0.15, 0.2) is 11.5 Å². The molecule has 0 heterocycles. The van der Waals surface area contributed by atoms with Crippen LogP contribution < -0.4 is 19.1 Å². The lowest BCUT2D eigenvalue weighted by atomic mass is 10.1. The molecule has 2 rings (SSSR count). The number of benzene rings is 2. The van der Waals surface area contributed by atoms with E-state index in [0.29, 0.717) is 22.8 Å². The molecule has 2 aromatic carbocycles. The Hall–Kier alpha value is -2.69. The van der Waals surface area contributed by atoms with E-state index in [-0.39, 0.29) is 5.91 Å². The Morgan fingerprint density at radius 1 is 0.864 bits per heavy atom. The van der Waals surface area contributed by atoms with Gasteiger partial charge >= 0.3 is 0 Å². The molecule has 0 aliphatic heterocycles. The van der Waals surface area contributed by atoms with Gasteiger partial charge in [-0.2, -0.15) is 0 Å². The summed E-state index contributed by atoms with van der Waals surface area (Å²) in [6.45, 7) is 0. The summed E-state index contributed by atoms with van der Waals surface area (Å²) >= 11 is 0. The van der Waals surface area contributed by atoms with Gasteiger partial charge in [-0.1, -0.05) is 18.2 Å². The van der Waals surface area contributed by atoms with Gasteiger partial charge in [-0.05, 0) is 12.1 Å². The van der Waals surface area contributed by atoms with Crippen molar-refractivity contribution in [3.63, 3.8) is 0 Å². The molecule has 0 fully saturated rings. The molecule has 2 aromatic rings. The van der Waals surface area contributed by atoms with Crippen molar-refractivity contribution in [2.24, 2.45) is 0 Å². The van der Waals surface area contributed by atoms with Crippen molar-refractivity contribution in [2.45, 2.75) is 0 Å². The second kappa shape index (κ2) is 6.85. The van der Waals surface area contributed by atoms with Crippen LogP contribution in [-0.4, -0.2) is 34.3 Å². The average Bonchev–Trinajstić information content (AvgIpc) is 2.59. The molecule has 1 amide bonds. The third-order valence-electron chi connectivity index (χ3n) is 3.38. The molecular weight excluding hydrogens is 282 g/mol. The molecule has 0 saturated carbocycles. The number of nitrogens with zero attached hydrogens (tertiary/aromatic N) is 1. The Bertz CT molecular complexity index is 655. The fraction of sp³-hybridized carbons (Fsp3) is 0.235. The first-order valence-electron chi connectivity index (χ1n) is 6.75. The molecule has 0 spiro atoms. The van der Waals surface area contributed by atoms with Crippen LogP contribution in [0.3, 0.4) is 0 Å². The quantitative estimate of drug-likeness (QED) is 0.852. The maximum absolute atomic E-state index is 12.7. The summed E-state index contributed by atoms with van der Waals surface area (Å²) in [6.07, 6.45) is 0. The van der Waals surface area contributed by atoms with Crippen LogP contribution in [0, 0.1) is 0 Å². The smallest absolute Gasteiger partial charge is 0.261 e. The lowest BCUT2D eigenvalue weighted by Gasteiger charge is -2.20. The van der Waals surface area contributed by atoms with Gasteiger partial charge in [0.2, 0.25) is 0 Å². The Kier molecular flexibility index (Phi) is 4.88. The van der Waals surface area contributed by atoms with Crippen molar-refractivity contribution in [1.82, 2.24) is 0 Å². The van der Waals surface area contributed by atoms with E-state index in [9.17, 15) is 4.79 Å². The SMILES string of the molecule is COc1cc(OC)c(C(=O)N(C)c2ccccc2)cc1OC. The average molecular weight is 301 g/mol. The number of methoxy groups -OCH3 is 3. The van der Waals surface area contributed by atoms with E-state index >= 15 is 0 Å². The summed E-state index contributed by atoms with van der Waals surface area (Å²) in [7, 11) is 6.29. The van der Waals surface area contributed by atoms with Gasteiger partial charge in [0.25, 0.3) is 5.91 Å². The van der Waals surface area contributed by atoms with Crippen LogP contribution in [0.15, 0.2) is 42.5 Å². The number of amides is 1.